The highest BCUT2D eigenvalue weighted by atomic mass is 32.2. The number of carbonyl (C=O) groups is 2. The van der Waals surface area contributed by atoms with Gasteiger partial charge in [0.2, 0.25) is 5.91 Å². The van der Waals surface area contributed by atoms with Crippen molar-refractivity contribution >= 4 is 23.6 Å². The van der Waals surface area contributed by atoms with Crippen molar-refractivity contribution in [3.8, 4) is 0 Å². The Kier molecular flexibility index (Phi) is 7.21. The third-order valence-electron chi connectivity index (χ3n) is 2.37. The van der Waals surface area contributed by atoms with Gasteiger partial charge in [-0.15, -0.1) is 0 Å². The monoisotopic (exact) mass is 247 g/mol. The van der Waals surface area contributed by atoms with E-state index in [-0.39, 0.29) is 11.9 Å². The van der Waals surface area contributed by atoms with Crippen molar-refractivity contribution in [2.45, 2.75) is 45.7 Å². The van der Waals surface area contributed by atoms with Crippen LogP contribution in [0.3, 0.4) is 0 Å². The van der Waals surface area contributed by atoms with E-state index < -0.39 is 12.0 Å². The molecule has 0 heterocycles. The molecular weight excluding hydrogens is 226 g/mol. The van der Waals surface area contributed by atoms with Crippen molar-refractivity contribution in [3.63, 3.8) is 0 Å². The van der Waals surface area contributed by atoms with Crippen LogP contribution in [0.4, 0.5) is 0 Å². The highest BCUT2D eigenvalue weighted by Crippen LogP contribution is 2.13. The van der Waals surface area contributed by atoms with Crippen LogP contribution < -0.4 is 0 Å². The molecule has 0 rings (SSSR count). The number of carbonyl (C=O) groups excluding carboxylic acids is 1. The van der Waals surface area contributed by atoms with Crippen molar-refractivity contribution < 1.29 is 14.7 Å². The second-order valence-electron chi connectivity index (χ2n) is 4.01. The van der Waals surface area contributed by atoms with E-state index in [1.165, 1.54) is 11.8 Å². The van der Waals surface area contributed by atoms with Gasteiger partial charge >= 0.3 is 5.97 Å². The smallest absolute Gasteiger partial charge is 0.326 e. The first-order chi connectivity index (χ1) is 7.41. The number of carboxylic acid groups (broad SMARTS) is 1. The van der Waals surface area contributed by atoms with Crippen molar-refractivity contribution in [3.05, 3.63) is 0 Å². The van der Waals surface area contributed by atoms with E-state index in [0.29, 0.717) is 6.42 Å². The summed E-state index contributed by atoms with van der Waals surface area (Å²) in [7, 11) is 0. The molecule has 1 atom stereocenters. The van der Waals surface area contributed by atoms with Gasteiger partial charge in [0, 0.05) is 13.0 Å². The lowest BCUT2D eigenvalue weighted by Gasteiger charge is -2.31. The normalized spacial score (nSPS) is 12.6. The summed E-state index contributed by atoms with van der Waals surface area (Å²) < 4.78 is 0. The molecule has 0 spiro atoms. The van der Waals surface area contributed by atoms with Crippen molar-refractivity contribution in [2.75, 3.05) is 12.0 Å². The quantitative estimate of drug-likeness (QED) is 0.697. The Bertz CT molecular complexity index is 243. The summed E-state index contributed by atoms with van der Waals surface area (Å²) in [6.45, 7) is 5.10. The topological polar surface area (TPSA) is 57.6 Å². The van der Waals surface area contributed by atoms with Crippen LogP contribution in [0.5, 0.6) is 0 Å². The summed E-state index contributed by atoms with van der Waals surface area (Å²) in [4.78, 5) is 24.0. The zero-order valence-electron chi connectivity index (χ0n) is 10.4. The lowest BCUT2D eigenvalue weighted by molar-refractivity contribution is -0.151. The third-order valence-corrected chi connectivity index (χ3v) is 3.06. The fraction of sp³-hybridized carbons (Fsp3) is 0.818. The maximum Gasteiger partial charge on any atom is 0.326 e. The molecule has 5 heteroatoms. The number of hydrogen-bond acceptors (Lipinski definition) is 3. The number of amides is 1. The van der Waals surface area contributed by atoms with Gasteiger partial charge in [0.25, 0.3) is 0 Å². The highest BCUT2D eigenvalue weighted by molar-refractivity contribution is 7.98. The molecule has 0 aliphatic carbocycles. The van der Waals surface area contributed by atoms with Crippen LogP contribution in [0.25, 0.3) is 0 Å². The largest absolute Gasteiger partial charge is 0.480 e. The first-order valence-electron chi connectivity index (χ1n) is 5.42. The van der Waals surface area contributed by atoms with Crippen LogP contribution in [0.2, 0.25) is 0 Å². The average Bonchev–Trinajstić information content (AvgIpc) is 2.14. The molecule has 94 valence electrons. The molecule has 4 nitrogen and oxygen atoms in total. The molecule has 0 aromatic carbocycles. The molecule has 0 saturated heterocycles. The first kappa shape index (κ1) is 15.3. The zero-order chi connectivity index (χ0) is 12.7. The van der Waals surface area contributed by atoms with Gasteiger partial charge < -0.3 is 10.0 Å². The van der Waals surface area contributed by atoms with Gasteiger partial charge in [0.15, 0.2) is 0 Å². The van der Waals surface area contributed by atoms with Crippen molar-refractivity contribution in [1.29, 1.82) is 0 Å². The van der Waals surface area contributed by atoms with E-state index in [0.717, 1.165) is 12.2 Å². The molecule has 0 saturated carbocycles. The van der Waals surface area contributed by atoms with Crippen LogP contribution in [-0.4, -0.2) is 46.0 Å². The fourth-order valence-electron chi connectivity index (χ4n) is 1.75. The van der Waals surface area contributed by atoms with E-state index in [1.54, 1.807) is 11.8 Å². The zero-order valence-corrected chi connectivity index (χ0v) is 11.2. The number of thioether (sulfide) groups is 1. The molecule has 1 unspecified atom stereocenters. The van der Waals surface area contributed by atoms with E-state index in [1.807, 2.05) is 20.1 Å². The van der Waals surface area contributed by atoms with Crippen LogP contribution >= 0.6 is 11.8 Å². The molecule has 16 heavy (non-hydrogen) atoms. The fourth-order valence-corrected chi connectivity index (χ4v) is 2.20. The van der Waals surface area contributed by atoms with Crippen molar-refractivity contribution in [2.24, 2.45) is 0 Å². The van der Waals surface area contributed by atoms with Crippen molar-refractivity contribution in [1.82, 2.24) is 4.90 Å². The Morgan fingerprint density at radius 2 is 1.94 bits per heavy atom. The first-order valence-corrected chi connectivity index (χ1v) is 6.81. The molecule has 1 amide bonds. The number of aliphatic carboxylic acids is 1. The molecule has 0 aromatic rings. The lowest BCUT2D eigenvalue weighted by atomic mass is 10.1. The number of nitrogens with zero attached hydrogens (tertiary/aromatic N) is 1. The van der Waals surface area contributed by atoms with Crippen LogP contribution in [0.1, 0.15) is 33.6 Å². The molecule has 0 aliphatic heterocycles. The van der Waals surface area contributed by atoms with Gasteiger partial charge in [-0.25, -0.2) is 4.79 Å². The predicted molar refractivity (Wildman–Crippen MR) is 66.7 cm³/mol. The third kappa shape index (κ3) is 4.88. The summed E-state index contributed by atoms with van der Waals surface area (Å²) in [5.41, 5.74) is 0. The van der Waals surface area contributed by atoms with Gasteiger partial charge in [-0.1, -0.05) is 0 Å². The molecule has 0 aliphatic rings. The van der Waals surface area contributed by atoms with Gasteiger partial charge in [-0.3, -0.25) is 4.79 Å². The number of hydrogen-bond donors (Lipinski definition) is 1. The van der Waals surface area contributed by atoms with E-state index in [9.17, 15) is 9.59 Å². The van der Waals surface area contributed by atoms with E-state index >= 15 is 0 Å². The summed E-state index contributed by atoms with van der Waals surface area (Å²) >= 11 is 1.69. The average molecular weight is 247 g/mol. The molecule has 0 fully saturated rings. The Labute approximate surface area is 101 Å². The summed E-state index contributed by atoms with van der Waals surface area (Å²) in [5, 5.41) is 9.14. The van der Waals surface area contributed by atoms with Crippen LogP contribution in [0, 0.1) is 0 Å². The highest BCUT2D eigenvalue weighted by Gasteiger charge is 2.28. The van der Waals surface area contributed by atoms with Gasteiger partial charge in [-0.2, -0.15) is 11.8 Å². The van der Waals surface area contributed by atoms with Crippen LogP contribution in [0.15, 0.2) is 0 Å². The molecule has 0 radical (unpaired) electrons. The Morgan fingerprint density at radius 3 is 2.25 bits per heavy atom. The van der Waals surface area contributed by atoms with Crippen LogP contribution in [-0.2, 0) is 9.59 Å². The standard InChI is InChI=1S/C11H21NO3S/c1-8(2)12(9(3)13)10(11(14)15)6-5-7-16-4/h8,10H,5-7H2,1-4H3,(H,14,15). The summed E-state index contributed by atoms with van der Waals surface area (Å²) in [5.74, 6) is -0.162. The summed E-state index contributed by atoms with van der Waals surface area (Å²) in [6, 6.07) is -0.766. The van der Waals surface area contributed by atoms with E-state index in [4.69, 9.17) is 5.11 Å². The van der Waals surface area contributed by atoms with Gasteiger partial charge in [-0.05, 0) is 38.7 Å². The maximum absolute atomic E-state index is 11.4. The second-order valence-corrected chi connectivity index (χ2v) is 4.99. The Balaban J connectivity index is 4.59. The molecule has 0 aromatic heterocycles. The number of rotatable bonds is 7. The summed E-state index contributed by atoms with van der Waals surface area (Å²) in [6.07, 6.45) is 3.32. The second kappa shape index (κ2) is 7.54. The predicted octanol–water partition coefficient (Wildman–Crippen LogP) is 1.84. The molecule has 0 bridgehead atoms. The minimum atomic E-state index is -0.912. The Morgan fingerprint density at radius 1 is 1.38 bits per heavy atom. The maximum atomic E-state index is 11.4. The van der Waals surface area contributed by atoms with E-state index in [2.05, 4.69) is 0 Å². The SMILES string of the molecule is CSCCCC(C(=O)O)N(C(C)=O)C(C)C. The molecular formula is C11H21NO3S. The molecule has 1 N–H and O–H groups in total. The minimum absolute atomic E-state index is 0.0760. The van der Waals surface area contributed by atoms with Gasteiger partial charge in [0.05, 0.1) is 0 Å². The minimum Gasteiger partial charge on any atom is -0.480 e. The number of carboxylic acids is 1. The lowest BCUT2D eigenvalue weighted by Crippen LogP contribution is -2.48. The van der Waals surface area contributed by atoms with Gasteiger partial charge in [0.1, 0.15) is 6.04 Å². The Hall–Kier alpha value is -0.710.